The zero-order valence-electron chi connectivity index (χ0n) is 17.8. The van der Waals surface area contributed by atoms with Gasteiger partial charge in [-0.15, -0.1) is 0 Å². The third-order valence-electron chi connectivity index (χ3n) is 6.17. The molecule has 1 aromatic rings. The van der Waals surface area contributed by atoms with Gasteiger partial charge in [0, 0.05) is 70.7 Å². The number of pyridine rings is 1. The topological polar surface area (TPSA) is 66.0 Å². The minimum Gasteiger partial charge on any atom is -0.463 e. The van der Waals surface area contributed by atoms with Crippen molar-refractivity contribution < 1.29 is 14.3 Å². The lowest BCUT2D eigenvalue weighted by molar-refractivity contribution is -0.150. The summed E-state index contributed by atoms with van der Waals surface area (Å²) in [5, 5.41) is 0. The number of hydrogen-bond donors (Lipinski definition) is 0. The van der Waals surface area contributed by atoms with Crippen LogP contribution in [0.5, 0.6) is 0 Å². The molecule has 0 aliphatic carbocycles. The molecule has 7 nitrogen and oxygen atoms in total. The highest BCUT2D eigenvalue weighted by molar-refractivity contribution is 5.76. The molecule has 2 saturated heterocycles. The van der Waals surface area contributed by atoms with E-state index in [0.29, 0.717) is 12.3 Å². The molecule has 1 atom stereocenters. The lowest BCUT2D eigenvalue weighted by Crippen LogP contribution is -2.47. The van der Waals surface area contributed by atoms with Gasteiger partial charge in [0.05, 0.1) is 0 Å². The monoisotopic (exact) mass is 402 g/mol. The second-order valence-corrected chi connectivity index (χ2v) is 8.17. The van der Waals surface area contributed by atoms with E-state index in [1.54, 1.807) is 0 Å². The number of likely N-dealkylation sites (tertiary alicyclic amines) is 1. The van der Waals surface area contributed by atoms with Crippen LogP contribution in [-0.4, -0.2) is 78.6 Å². The zero-order chi connectivity index (χ0) is 20.6. The van der Waals surface area contributed by atoms with Crippen LogP contribution in [0.25, 0.3) is 0 Å². The van der Waals surface area contributed by atoms with Gasteiger partial charge in [0.25, 0.3) is 0 Å². The molecule has 29 heavy (non-hydrogen) atoms. The summed E-state index contributed by atoms with van der Waals surface area (Å²) in [5.41, 5.74) is 1.24. The average molecular weight is 403 g/mol. The smallest absolute Gasteiger partial charge is 0.302 e. The first-order valence-electron chi connectivity index (χ1n) is 10.9. The fraction of sp³-hybridized carbons (Fsp3) is 0.682. The molecule has 3 heterocycles. The van der Waals surface area contributed by atoms with Crippen LogP contribution in [0.15, 0.2) is 24.5 Å². The van der Waals surface area contributed by atoms with Crippen molar-refractivity contribution in [3.8, 4) is 0 Å². The van der Waals surface area contributed by atoms with Crippen LogP contribution < -0.4 is 4.90 Å². The van der Waals surface area contributed by atoms with Crippen LogP contribution in [0.1, 0.15) is 39.5 Å². The Balaban J connectivity index is 1.30. The predicted molar refractivity (Wildman–Crippen MR) is 113 cm³/mol. The van der Waals surface area contributed by atoms with E-state index in [2.05, 4.69) is 26.9 Å². The van der Waals surface area contributed by atoms with E-state index in [4.69, 9.17) is 4.74 Å². The second kappa shape index (κ2) is 10.6. The Bertz CT molecular complexity index is 653. The second-order valence-electron chi connectivity index (χ2n) is 8.17. The summed E-state index contributed by atoms with van der Waals surface area (Å²) in [6, 6.07) is 4.12. The first kappa shape index (κ1) is 21.6. The number of hydrogen-bond acceptors (Lipinski definition) is 6. The Labute approximate surface area is 174 Å². The summed E-state index contributed by atoms with van der Waals surface area (Å²) in [6.45, 7) is 10.1. The maximum Gasteiger partial charge on any atom is 0.302 e. The Morgan fingerprint density at radius 1 is 1.10 bits per heavy atom. The number of carbonyl (C=O) groups is 2. The normalized spacial score (nSPS) is 19.8. The first-order chi connectivity index (χ1) is 14.0. The van der Waals surface area contributed by atoms with Gasteiger partial charge in [-0.1, -0.05) is 0 Å². The molecule has 0 aromatic carbocycles. The van der Waals surface area contributed by atoms with Gasteiger partial charge in [-0.25, -0.2) is 0 Å². The van der Waals surface area contributed by atoms with E-state index in [1.165, 1.54) is 12.6 Å². The van der Waals surface area contributed by atoms with Crippen LogP contribution in [0.2, 0.25) is 0 Å². The van der Waals surface area contributed by atoms with E-state index in [0.717, 1.165) is 65.1 Å². The third-order valence-corrected chi connectivity index (χ3v) is 6.17. The number of carbonyl (C=O) groups excluding carboxylic acids is 2. The summed E-state index contributed by atoms with van der Waals surface area (Å²) in [7, 11) is 0. The molecule has 0 bridgehead atoms. The highest BCUT2D eigenvalue weighted by Crippen LogP contribution is 2.23. The summed E-state index contributed by atoms with van der Waals surface area (Å²) >= 11 is 0. The van der Waals surface area contributed by atoms with Gasteiger partial charge in [0.2, 0.25) is 5.91 Å². The van der Waals surface area contributed by atoms with Crippen LogP contribution in [0.4, 0.5) is 5.69 Å². The first-order valence-corrected chi connectivity index (χ1v) is 10.9. The maximum atomic E-state index is 12.5. The van der Waals surface area contributed by atoms with Crippen molar-refractivity contribution in [1.29, 1.82) is 0 Å². The lowest BCUT2D eigenvalue weighted by Gasteiger charge is -2.36. The van der Waals surface area contributed by atoms with Crippen LogP contribution in [0.3, 0.4) is 0 Å². The largest absolute Gasteiger partial charge is 0.463 e. The molecular formula is C22H34N4O3. The molecule has 2 aliphatic rings. The van der Waals surface area contributed by atoms with Gasteiger partial charge >= 0.3 is 5.97 Å². The van der Waals surface area contributed by atoms with Crippen molar-refractivity contribution in [2.75, 3.05) is 50.7 Å². The van der Waals surface area contributed by atoms with E-state index in [1.807, 2.05) is 24.2 Å². The molecule has 1 unspecified atom stereocenters. The minimum absolute atomic E-state index is 0.0597. The Hall–Kier alpha value is -2.15. The van der Waals surface area contributed by atoms with Crippen molar-refractivity contribution in [2.24, 2.45) is 5.92 Å². The van der Waals surface area contributed by atoms with Crippen LogP contribution in [-0.2, 0) is 14.3 Å². The number of anilines is 1. The molecule has 2 aliphatic heterocycles. The predicted octanol–water partition coefficient (Wildman–Crippen LogP) is 2.17. The standard InChI is InChI=1S/C22H34N4O3/c1-18(29-19(2)27)20-7-12-26(13-8-20)22(28)4-3-11-24-14-16-25(17-15-24)21-5-9-23-10-6-21/h5-6,9-10,18,20H,3-4,7-8,11-17H2,1-2H3. The van der Waals surface area contributed by atoms with Crippen LogP contribution in [0, 0.1) is 5.92 Å². The summed E-state index contributed by atoms with van der Waals surface area (Å²) in [4.78, 5) is 34.6. The SMILES string of the molecule is CC(=O)OC(C)C1CCN(C(=O)CCCN2CCN(c3ccncc3)CC2)CC1. The van der Waals surface area contributed by atoms with Crippen molar-refractivity contribution in [1.82, 2.24) is 14.8 Å². The van der Waals surface area contributed by atoms with Gasteiger partial charge in [0.1, 0.15) is 6.10 Å². The van der Waals surface area contributed by atoms with Crippen molar-refractivity contribution >= 4 is 17.6 Å². The maximum absolute atomic E-state index is 12.5. The molecule has 1 amide bonds. The molecule has 0 saturated carbocycles. The molecule has 0 radical (unpaired) electrons. The van der Waals surface area contributed by atoms with E-state index >= 15 is 0 Å². The van der Waals surface area contributed by atoms with Crippen LogP contribution >= 0.6 is 0 Å². The lowest BCUT2D eigenvalue weighted by atomic mass is 9.92. The zero-order valence-corrected chi connectivity index (χ0v) is 17.8. The van der Waals surface area contributed by atoms with E-state index in [9.17, 15) is 9.59 Å². The number of amides is 1. The highest BCUT2D eigenvalue weighted by Gasteiger charge is 2.27. The fourth-order valence-electron chi connectivity index (χ4n) is 4.37. The summed E-state index contributed by atoms with van der Waals surface area (Å²) in [5.74, 6) is 0.399. The van der Waals surface area contributed by atoms with E-state index in [-0.39, 0.29) is 18.0 Å². The molecule has 2 fully saturated rings. The average Bonchev–Trinajstić information content (AvgIpc) is 2.74. The molecule has 160 valence electrons. The number of piperidine rings is 1. The summed E-state index contributed by atoms with van der Waals surface area (Å²) < 4.78 is 5.30. The van der Waals surface area contributed by atoms with Gasteiger partial charge in [-0.05, 0) is 50.8 Å². The number of rotatable bonds is 7. The third kappa shape index (κ3) is 6.42. The minimum atomic E-state index is -0.224. The fourth-order valence-corrected chi connectivity index (χ4v) is 4.37. The number of esters is 1. The molecule has 0 N–H and O–H groups in total. The number of piperazine rings is 1. The van der Waals surface area contributed by atoms with Crippen molar-refractivity contribution in [2.45, 2.75) is 45.6 Å². The molecule has 7 heteroatoms. The Morgan fingerprint density at radius 3 is 2.38 bits per heavy atom. The van der Waals surface area contributed by atoms with E-state index < -0.39 is 0 Å². The van der Waals surface area contributed by atoms with Gasteiger partial charge in [-0.2, -0.15) is 0 Å². The van der Waals surface area contributed by atoms with Gasteiger partial charge < -0.3 is 14.5 Å². The quantitative estimate of drug-likeness (QED) is 0.652. The molecular weight excluding hydrogens is 368 g/mol. The van der Waals surface area contributed by atoms with Gasteiger partial charge in [-0.3, -0.25) is 19.5 Å². The number of nitrogens with zero attached hydrogens (tertiary/aromatic N) is 4. The van der Waals surface area contributed by atoms with Gasteiger partial charge in [0.15, 0.2) is 0 Å². The van der Waals surface area contributed by atoms with Crippen molar-refractivity contribution in [3.63, 3.8) is 0 Å². The van der Waals surface area contributed by atoms with Crippen molar-refractivity contribution in [3.05, 3.63) is 24.5 Å². The number of aromatic nitrogens is 1. The Kier molecular flexibility index (Phi) is 7.86. The Morgan fingerprint density at radius 2 is 1.76 bits per heavy atom. The molecule has 3 rings (SSSR count). The highest BCUT2D eigenvalue weighted by atomic mass is 16.5. The summed E-state index contributed by atoms with van der Waals surface area (Å²) in [6.07, 6.45) is 6.98. The number of ether oxygens (including phenoxy) is 1. The molecule has 0 spiro atoms. The molecule has 1 aromatic heterocycles.